The second kappa shape index (κ2) is 8.83. The van der Waals surface area contributed by atoms with Gasteiger partial charge >= 0.3 is 12.1 Å². The van der Waals surface area contributed by atoms with Gasteiger partial charge in [0.15, 0.2) is 0 Å². The number of piperidine rings is 1. The van der Waals surface area contributed by atoms with Crippen molar-refractivity contribution >= 4 is 12.1 Å². The van der Waals surface area contributed by atoms with Crippen molar-refractivity contribution in [3.8, 4) is 6.07 Å². The molecule has 1 aliphatic heterocycles. The topological polar surface area (TPSA) is 111 Å². The monoisotopic (exact) mass is 402 g/mol. The van der Waals surface area contributed by atoms with Crippen LogP contribution in [-0.4, -0.2) is 52.0 Å². The number of hydrogen-bond donors (Lipinski definition) is 2. The summed E-state index contributed by atoms with van der Waals surface area (Å²) in [4.78, 5) is 24.3. The largest absolute Gasteiger partial charge is 0.465 e. The van der Waals surface area contributed by atoms with Crippen LogP contribution in [0.15, 0.2) is 24.3 Å². The molecule has 2 unspecified atom stereocenters. The van der Waals surface area contributed by atoms with Crippen molar-refractivity contribution in [3.63, 3.8) is 0 Å². The van der Waals surface area contributed by atoms with Gasteiger partial charge in [-0.25, -0.2) is 4.79 Å². The zero-order valence-corrected chi connectivity index (χ0v) is 17.5. The van der Waals surface area contributed by atoms with Gasteiger partial charge in [0.1, 0.15) is 5.60 Å². The zero-order valence-electron chi connectivity index (χ0n) is 17.5. The molecule has 0 radical (unpaired) electrons. The molecule has 1 aliphatic rings. The van der Waals surface area contributed by atoms with Crippen LogP contribution in [0.1, 0.15) is 64.0 Å². The number of β-amino-alcohol motifs (C(OH)–C–C–N with tert-alkyl or cyclic N) is 1. The molecule has 0 bridgehead atoms. The van der Waals surface area contributed by atoms with E-state index in [9.17, 15) is 20.0 Å². The molecule has 1 fully saturated rings. The summed E-state index contributed by atoms with van der Waals surface area (Å²) in [5.41, 5.74) is 0.322. The van der Waals surface area contributed by atoms with Gasteiger partial charge in [-0.05, 0) is 51.7 Å². The van der Waals surface area contributed by atoms with Crippen LogP contribution in [0.25, 0.3) is 0 Å². The number of carboxylic acid groups (broad SMARTS) is 1. The van der Waals surface area contributed by atoms with Crippen molar-refractivity contribution in [1.29, 1.82) is 5.26 Å². The fourth-order valence-electron chi connectivity index (χ4n) is 3.60. The van der Waals surface area contributed by atoms with Crippen molar-refractivity contribution in [1.82, 2.24) is 4.90 Å². The standard InChI is InChI=1S/C22H30N2O5/c1-21(2,3)29-19(26)9-11-22(4,14-23)16-7-5-15(6-8-16)17-10-12-24(20(27)28)13-18(17)25/h5-8,17-18,25H,9-13H2,1-4H3,(H,27,28)/t17?,18?,22-/m0/s1. The maximum Gasteiger partial charge on any atom is 0.407 e. The van der Waals surface area contributed by atoms with Crippen molar-refractivity contribution in [2.45, 2.75) is 70.0 Å². The molecule has 1 saturated heterocycles. The molecule has 1 aromatic rings. The van der Waals surface area contributed by atoms with Gasteiger partial charge in [-0.3, -0.25) is 4.79 Å². The number of nitriles is 1. The second-order valence-electron chi connectivity index (χ2n) is 8.84. The Morgan fingerprint density at radius 2 is 1.86 bits per heavy atom. The second-order valence-corrected chi connectivity index (χ2v) is 8.84. The number of rotatable bonds is 5. The van der Waals surface area contributed by atoms with Gasteiger partial charge in [-0.15, -0.1) is 0 Å². The van der Waals surface area contributed by atoms with Gasteiger partial charge in [-0.2, -0.15) is 5.26 Å². The first kappa shape index (κ1) is 22.7. The molecule has 1 heterocycles. The van der Waals surface area contributed by atoms with E-state index in [-0.39, 0.29) is 24.9 Å². The van der Waals surface area contributed by atoms with Crippen molar-refractivity contribution in [3.05, 3.63) is 35.4 Å². The van der Waals surface area contributed by atoms with Crippen LogP contribution in [0.2, 0.25) is 0 Å². The Bertz CT molecular complexity index is 778. The molecule has 0 aliphatic carbocycles. The van der Waals surface area contributed by atoms with Gasteiger partial charge in [0.2, 0.25) is 0 Å². The Morgan fingerprint density at radius 3 is 2.34 bits per heavy atom. The summed E-state index contributed by atoms with van der Waals surface area (Å²) in [5, 5.41) is 29.1. The number of likely N-dealkylation sites (tertiary alicyclic amines) is 1. The van der Waals surface area contributed by atoms with Gasteiger partial charge in [0.25, 0.3) is 0 Å². The molecule has 7 nitrogen and oxygen atoms in total. The van der Waals surface area contributed by atoms with Crippen LogP contribution in [0.4, 0.5) is 4.79 Å². The number of carbonyl (C=O) groups excluding carboxylic acids is 1. The third kappa shape index (κ3) is 5.94. The number of hydrogen-bond acceptors (Lipinski definition) is 5. The molecule has 0 aromatic heterocycles. The molecule has 29 heavy (non-hydrogen) atoms. The predicted molar refractivity (Wildman–Crippen MR) is 107 cm³/mol. The Labute approximate surface area is 171 Å². The molecule has 2 N–H and O–H groups in total. The molecular weight excluding hydrogens is 372 g/mol. The molecular formula is C22H30N2O5. The van der Waals surface area contributed by atoms with Crippen molar-refractivity contribution in [2.24, 2.45) is 0 Å². The van der Waals surface area contributed by atoms with Gasteiger partial charge in [0, 0.05) is 18.9 Å². The van der Waals surface area contributed by atoms with E-state index in [1.165, 1.54) is 4.90 Å². The third-order valence-electron chi connectivity index (χ3n) is 5.32. The van der Waals surface area contributed by atoms with Gasteiger partial charge < -0.3 is 19.8 Å². The number of carbonyl (C=O) groups is 2. The number of aliphatic hydroxyl groups is 1. The van der Waals surface area contributed by atoms with Crippen LogP contribution >= 0.6 is 0 Å². The number of nitrogens with zero attached hydrogens (tertiary/aromatic N) is 2. The smallest absolute Gasteiger partial charge is 0.407 e. The lowest BCUT2D eigenvalue weighted by Crippen LogP contribution is -2.45. The summed E-state index contributed by atoms with van der Waals surface area (Å²) in [5.74, 6) is -0.473. The molecule has 7 heteroatoms. The van der Waals surface area contributed by atoms with Crippen LogP contribution in [0, 0.1) is 11.3 Å². The highest BCUT2D eigenvalue weighted by Crippen LogP contribution is 2.33. The minimum absolute atomic E-state index is 0.0908. The van der Waals surface area contributed by atoms with Gasteiger partial charge in [-0.1, -0.05) is 24.3 Å². The van der Waals surface area contributed by atoms with E-state index >= 15 is 0 Å². The maximum absolute atomic E-state index is 12.0. The number of benzene rings is 1. The Balaban J connectivity index is 2.06. The summed E-state index contributed by atoms with van der Waals surface area (Å²) < 4.78 is 5.33. The average Bonchev–Trinajstić information content (AvgIpc) is 2.65. The molecule has 1 amide bonds. The highest BCUT2D eigenvalue weighted by atomic mass is 16.6. The van der Waals surface area contributed by atoms with E-state index in [4.69, 9.17) is 9.84 Å². The van der Waals surface area contributed by atoms with Crippen molar-refractivity contribution < 1.29 is 24.5 Å². The zero-order chi connectivity index (χ0) is 21.8. The fourth-order valence-corrected chi connectivity index (χ4v) is 3.60. The quantitative estimate of drug-likeness (QED) is 0.730. The summed E-state index contributed by atoms with van der Waals surface area (Å²) in [6.45, 7) is 7.69. The lowest BCUT2D eigenvalue weighted by atomic mass is 9.78. The maximum atomic E-state index is 12.0. The van der Waals surface area contributed by atoms with E-state index < -0.39 is 23.2 Å². The van der Waals surface area contributed by atoms with Crippen LogP contribution in [-0.2, 0) is 14.9 Å². The van der Waals surface area contributed by atoms with E-state index in [1.807, 2.05) is 45.0 Å². The molecule has 1 aromatic carbocycles. The first-order valence-electron chi connectivity index (χ1n) is 9.84. The van der Waals surface area contributed by atoms with E-state index in [1.54, 1.807) is 6.92 Å². The van der Waals surface area contributed by atoms with Crippen LogP contribution < -0.4 is 0 Å². The van der Waals surface area contributed by atoms with E-state index in [2.05, 4.69) is 6.07 Å². The third-order valence-corrected chi connectivity index (χ3v) is 5.32. The van der Waals surface area contributed by atoms with Gasteiger partial charge in [0.05, 0.1) is 24.1 Å². The predicted octanol–water partition coefficient (Wildman–Crippen LogP) is 3.42. The average molecular weight is 402 g/mol. The fraction of sp³-hybridized carbons (Fsp3) is 0.591. The summed E-state index contributed by atoms with van der Waals surface area (Å²) in [7, 11) is 0. The van der Waals surface area contributed by atoms with E-state index in [0.29, 0.717) is 19.4 Å². The summed E-state index contributed by atoms with van der Waals surface area (Å²) in [6.07, 6.45) is -0.749. The lowest BCUT2D eigenvalue weighted by Gasteiger charge is -2.34. The lowest BCUT2D eigenvalue weighted by molar-refractivity contribution is -0.155. The molecule has 0 spiro atoms. The molecule has 158 valence electrons. The van der Waals surface area contributed by atoms with Crippen molar-refractivity contribution in [2.75, 3.05) is 13.1 Å². The first-order chi connectivity index (χ1) is 13.4. The summed E-state index contributed by atoms with van der Waals surface area (Å²) in [6, 6.07) is 9.77. The molecule has 3 atom stereocenters. The Kier molecular flexibility index (Phi) is 6.91. The summed E-state index contributed by atoms with van der Waals surface area (Å²) >= 11 is 0. The highest BCUT2D eigenvalue weighted by Gasteiger charge is 2.32. The minimum atomic E-state index is -1.02. The Hall–Kier alpha value is -2.59. The molecule has 0 saturated carbocycles. The van der Waals surface area contributed by atoms with Crippen LogP contribution in [0.5, 0.6) is 0 Å². The SMILES string of the molecule is CC(C)(C)OC(=O)CC[C@@](C)(C#N)c1ccc(C2CCN(C(=O)O)CC2O)cc1. The normalized spacial score (nSPS) is 21.7. The number of amides is 1. The number of aliphatic hydroxyl groups excluding tert-OH is 1. The molecule has 2 rings (SSSR count). The van der Waals surface area contributed by atoms with E-state index in [0.717, 1.165) is 11.1 Å². The minimum Gasteiger partial charge on any atom is -0.465 e. The first-order valence-corrected chi connectivity index (χ1v) is 9.84. The number of esters is 1. The highest BCUT2D eigenvalue weighted by molar-refractivity contribution is 5.70. The van der Waals surface area contributed by atoms with Crippen LogP contribution in [0.3, 0.4) is 0 Å². The Morgan fingerprint density at radius 1 is 1.24 bits per heavy atom. The number of ether oxygens (including phenoxy) is 1.